The molecule has 0 radical (unpaired) electrons. The summed E-state index contributed by atoms with van der Waals surface area (Å²) in [6, 6.07) is 5.99. The molecule has 0 spiro atoms. The van der Waals surface area contributed by atoms with E-state index < -0.39 is 0 Å². The van der Waals surface area contributed by atoms with Gasteiger partial charge in [0.15, 0.2) is 0 Å². The highest BCUT2D eigenvalue weighted by atomic mass is 32.1. The van der Waals surface area contributed by atoms with Gasteiger partial charge in [-0.1, -0.05) is 26.0 Å². The topological polar surface area (TPSA) is 68.0 Å². The van der Waals surface area contributed by atoms with Crippen LogP contribution in [0.2, 0.25) is 0 Å². The number of rotatable bonds is 6. The van der Waals surface area contributed by atoms with Crippen molar-refractivity contribution in [1.82, 2.24) is 10.3 Å². The molecular weight excluding hydrogens is 301 g/mol. The van der Waals surface area contributed by atoms with Crippen LogP contribution in [0.5, 0.6) is 0 Å². The molecular formula is C16H20FN3OS. The highest BCUT2D eigenvalue weighted by molar-refractivity contribution is 7.09. The fourth-order valence-corrected chi connectivity index (χ4v) is 2.90. The van der Waals surface area contributed by atoms with Gasteiger partial charge in [-0.15, -0.1) is 11.3 Å². The minimum atomic E-state index is -0.317. The Morgan fingerprint density at radius 3 is 2.91 bits per heavy atom. The van der Waals surface area contributed by atoms with Gasteiger partial charge in [0.05, 0.1) is 6.04 Å². The molecule has 1 heterocycles. The van der Waals surface area contributed by atoms with Crippen molar-refractivity contribution in [2.75, 3.05) is 0 Å². The van der Waals surface area contributed by atoms with Crippen LogP contribution in [0.25, 0.3) is 0 Å². The quantitative estimate of drug-likeness (QED) is 0.858. The molecule has 0 saturated heterocycles. The number of amides is 1. The van der Waals surface area contributed by atoms with Gasteiger partial charge in [0.1, 0.15) is 16.5 Å². The Labute approximate surface area is 133 Å². The Morgan fingerprint density at radius 1 is 1.45 bits per heavy atom. The summed E-state index contributed by atoms with van der Waals surface area (Å²) < 4.78 is 13.1. The molecule has 1 amide bonds. The third-order valence-corrected chi connectivity index (χ3v) is 4.12. The standard InChI is InChI=1S/C16H20FN3OS/c1-10(2)6-13(18)16-20-14(9-22-16)15(21)19-8-11-4-3-5-12(17)7-11/h3-5,7,9-10,13H,6,8,18H2,1-2H3,(H,19,21). The Hall–Kier alpha value is -1.79. The summed E-state index contributed by atoms with van der Waals surface area (Å²) in [5.74, 6) is -0.116. The van der Waals surface area contributed by atoms with Gasteiger partial charge in [-0.2, -0.15) is 0 Å². The maximum Gasteiger partial charge on any atom is 0.271 e. The van der Waals surface area contributed by atoms with Gasteiger partial charge < -0.3 is 11.1 Å². The fraction of sp³-hybridized carbons (Fsp3) is 0.375. The van der Waals surface area contributed by atoms with Crippen LogP contribution in [-0.2, 0) is 6.54 Å². The van der Waals surface area contributed by atoms with Crippen LogP contribution in [-0.4, -0.2) is 10.9 Å². The zero-order valence-electron chi connectivity index (χ0n) is 12.7. The number of nitrogens with one attached hydrogen (secondary N) is 1. The number of hydrogen-bond donors (Lipinski definition) is 2. The molecule has 22 heavy (non-hydrogen) atoms. The first-order chi connectivity index (χ1) is 10.5. The van der Waals surface area contributed by atoms with Gasteiger partial charge in [0, 0.05) is 11.9 Å². The molecule has 4 nitrogen and oxygen atoms in total. The molecule has 1 aromatic carbocycles. The number of hydrogen-bond acceptors (Lipinski definition) is 4. The van der Waals surface area contributed by atoms with Crippen LogP contribution < -0.4 is 11.1 Å². The summed E-state index contributed by atoms with van der Waals surface area (Å²) in [4.78, 5) is 16.4. The first-order valence-electron chi connectivity index (χ1n) is 7.19. The SMILES string of the molecule is CC(C)CC(N)c1nc(C(=O)NCc2cccc(F)c2)cs1. The van der Waals surface area contributed by atoms with E-state index in [1.165, 1.54) is 23.5 Å². The van der Waals surface area contributed by atoms with E-state index in [1.54, 1.807) is 17.5 Å². The second-order valence-electron chi connectivity index (χ2n) is 5.62. The minimum Gasteiger partial charge on any atom is -0.347 e. The molecule has 0 aliphatic rings. The number of thiazole rings is 1. The lowest BCUT2D eigenvalue weighted by Crippen LogP contribution is -2.23. The monoisotopic (exact) mass is 321 g/mol. The highest BCUT2D eigenvalue weighted by Crippen LogP contribution is 2.22. The Kier molecular flexibility index (Phi) is 5.63. The lowest BCUT2D eigenvalue weighted by atomic mass is 10.1. The summed E-state index contributed by atoms with van der Waals surface area (Å²) >= 11 is 1.40. The average Bonchev–Trinajstić information content (AvgIpc) is 2.94. The molecule has 0 saturated carbocycles. The largest absolute Gasteiger partial charge is 0.347 e. The first-order valence-corrected chi connectivity index (χ1v) is 8.07. The average molecular weight is 321 g/mol. The zero-order chi connectivity index (χ0) is 16.1. The molecule has 0 fully saturated rings. The predicted molar refractivity (Wildman–Crippen MR) is 86.1 cm³/mol. The smallest absolute Gasteiger partial charge is 0.271 e. The maximum absolute atomic E-state index is 13.1. The molecule has 0 aliphatic carbocycles. The molecule has 2 rings (SSSR count). The molecule has 1 aromatic heterocycles. The second-order valence-corrected chi connectivity index (χ2v) is 6.51. The van der Waals surface area contributed by atoms with Crippen molar-refractivity contribution in [1.29, 1.82) is 0 Å². The van der Waals surface area contributed by atoms with Crippen molar-refractivity contribution < 1.29 is 9.18 Å². The van der Waals surface area contributed by atoms with Gasteiger partial charge in [0.25, 0.3) is 5.91 Å². The number of nitrogens with zero attached hydrogens (tertiary/aromatic N) is 1. The predicted octanol–water partition coefficient (Wildman–Crippen LogP) is 3.26. The Morgan fingerprint density at radius 2 is 2.23 bits per heavy atom. The van der Waals surface area contributed by atoms with Gasteiger partial charge in [-0.25, -0.2) is 9.37 Å². The number of carbonyl (C=O) groups excluding carboxylic acids is 1. The summed E-state index contributed by atoms with van der Waals surface area (Å²) in [7, 11) is 0. The van der Waals surface area contributed by atoms with Crippen molar-refractivity contribution in [2.45, 2.75) is 32.9 Å². The van der Waals surface area contributed by atoms with Crippen LogP contribution in [0.4, 0.5) is 4.39 Å². The lowest BCUT2D eigenvalue weighted by molar-refractivity contribution is 0.0946. The van der Waals surface area contributed by atoms with E-state index in [-0.39, 0.29) is 24.3 Å². The third kappa shape index (κ3) is 4.61. The Balaban J connectivity index is 1.94. The number of halogens is 1. The van der Waals surface area contributed by atoms with Crippen molar-refractivity contribution >= 4 is 17.2 Å². The van der Waals surface area contributed by atoms with E-state index in [9.17, 15) is 9.18 Å². The highest BCUT2D eigenvalue weighted by Gasteiger charge is 2.16. The molecule has 0 bridgehead atoms. The summed E-state index contributed by atoms with van der Waals surface area (Å²) in [5.41, 5.74) is 7.13. The van der Waals surface area contributed by atoms with Crippen LogP contribution >= 0.6 is 11.3 Å². The van der Waals surface area contributed by atoms with E-state index in [1.807, 2.05) is 0 Å². The molecule has 1 atom stereocenters. The van der Waals surface area contributed by atoms with E-state index in [2.05, 4.69) is 24.1 Å². The van der Waals surface area contributed by atoms with Crippen molar-refractivity contribution in [3.63, 3.8) is 0 Å². The Bertz CT molecular complexity index is 642. The van der Waals surface area contributed by atoms with Crippen molar-refractivity contribution in [2.24, 2.45) is 11.7 Å². The van der Waals surface area contributed by atoms with Crippen LogP contribution in [0.3, 0.4) is 0 Å². The first kappa shape index (κ1) is 16.6. The lowest BCUT2D eigenvalue weighted by Gasteiger charge is -2.10. The number of carbonyl (C=O) groups is 1. The molecule has 2 aromatic rings. The molecule has 0 aliphatic heterocycles. The third-order valence-electron chi connectivity index (χ3n) is 3.14. The summed E-state index contributed by atoms with van der Waals surface area (Å²) in [6.07, 6.45) is 0.831. The van der Waals surface area contributed by atoms with Crippen LogP contribution in [0.15, 0.2) is 29.6 Å². The van der Waals surface area contributed by atoms with Crippen molar-refractivity contribution in [3.05, 3.63) is 51.7 Å². The minimum absolute atomic E-state index is 0.144. The van der Waals surface area contributed by atoms with Gasteiger partial charge in [-0.05, 0) is 30.0 Å². The number of aromatic nitrogens is 1. The maximum atomic E-state index is 13.1. The molecule has 118 valence electrons. The van der Waals surface area contributed by atoms with Gasteiger partial charge in [0.2, 0.25) is 0 Å². The van der Waals surface area contributed by atoms with E-state index in [4.69, 9.17) is 5.73 Å². The number of benzene rings is 1. The zero-order valence-corrected chi connectivity index (χ0v) is 13.5. The second kappa shape index (κ2) is 7.47. The molecule has 6 heteroatoms. The van der Waals surface area contributed by atoms with E-state index in [0.29, 0.717) is 17.2 Å². The fourth-order valence-electron chi connectivity index (χ4n) is 2.09. The number of nitrogens with two attached hydrogens (primary N) is 1. The van der Waals surface area contributed by atoms with Crippen molar-refractivity contribution in [3.8, 4) is 0 Å². The van der Waals surface area contributed by atoms with Gasteiger partial charge in [-0.3, -0.25) is 4.79 Å². The van der Waals surface area contributed by atoms with Crippen LogP contribution in [0, 0.1) is 11.7 Å². The van der Waals surface area contributed by atoms with Crippen LogP contribution in [0.1, 0.15) is 47.4 Å². The van der Waals surface area contributed by atoms with E-state index in [0.717, 1.165) is 11.4 Å². The van der Waals surface area contributed by atoms with E-state index >= 15 is 0 Å². The normalized spacial score (nSPS) is 12.4. The summed E-state index contributed by atoms with van der Waals surface area (Å²) in [6.45, 7) is 4.46. The molecule has 1 unspecified atom stereocenters. The van der Waals surface area contributed by atoms with Gasteiger partial charge >= 0.3 is 0 Å². The molecule has 3 N–H and O–H groups in total. The summed E-state index contributed by atoms with van der Waals surface area (Å²) in [5, 5.41) is 5.21.